The van der Waals surface area contributed by atoms with Gasteiger partial charge in [0.15, 0.2) is 5.78 Å². The molecule has 1 aromatic heterocycles. The van der Waals surface area contributed by atoms with E-state index in [1.54, 1.807) is 12.5 Å². The zero-order valence-corrected chi connectivity index (χ0v) is 10.4. The quantitative estimate of drug-likeness (QED) is 0.847. The molecule has 0 aliphatic heterocycles. The number of Topliss-reactive ketones (excluding diaryl/α,β-unsaturated/α-hetero) is 1. The summed E-state index contributed by atoms with van der Waals surface area (Å²) >= 11 is 1.36. The molecule has 1 N–H and O–H groups in total. The van der Waals surface area contributed by atoms with Gasteiger partial charge >= 0.3 is 0 Å². The minimum Gasteiger partial charge on any atom is -0.506 e. The van der Waals surface area contributed by atoms with Crippen molar-refractivity contribution in [2.75, 3.05) is 7.11 Å². The molecule has 2 rings (SSSR count). The fourth-order valence-electron chi connectivity index (χ4n) is 1.55. The number of aromatic hydroxyl groups is 1. The van der Waals surface area contributed by atoms with E-state index in [1.165, 1.54) is 18.3 Å². The Labute approximate surface area is 103 Å². The van der Waals surface area contributed by atoms with Gasteiger partial charge in [-0.1, -0.05) is 0 Å². The average Bonchev–Trinajstić information content (AvgIpc) is 2.71. The molecule has 17 heavy (non-hydrogen) atoms. The zero-order valence-electron chi connectivity index (χ0n) is 9.56. The molecule has 0 spiro atoms. The number of hydrogen-bond donors (Lipinski definition) is 1. The fraction of sp³-hybridized carbons (Fsp3) is 0.154. The Morgan fingerprint density at radius 1 is 1.29 bits per heavy atom. The fourth-order valence-corrected chi connectivity index (χ4v) is 2.56. The van der Waals surface area contributed by atoms with E-state index in [0.29, 0.717) is 10.4 Å². The lowest BCUT2D eigenvalue weighted by molar-refractivity contribution is 0.101. The molecule has 0 amide bonds. The SMILES string of the molecule is COc1ccc(-c2scc(C(C)=O)c2O)cc1. The standard InChI is InChI=1S/C13H12O3S/c1-8(14)11-7-17-13(12(11)15)9-3-5-10(16-2)6-4-9/h3-7,15H,1-2H3. The number of carbonyl (C=O) groups is 1. The number of hydrogen-bond acceptors (Lipinski definition) is 4. The number of ketones is 1. The summed E-state index contributed by atoms with van der Waals surface area (Å²) in [6, 6.07) is 7.35. The molecule has 0 saturated heterocycles. The summed E-state index contributed by atoms with van der Waals surface area (Å²) in [7, 11) is 1.60. The minimum absolute atomic E-state index is 0.0627. The van der Waals surface area contributed by atoms with Crippen LogP contribution in [0.3, 0.4) is 0 Å². The van der Waals surface area contributed by atoms with Crippen molar-refractivity contribution in [2.24, 2.45) is 0 Å². The van der Waals surface area contributed by atoms with E-state index in [-0.39, 0.29) is 11.5 Å². The van der Waals surface area contributed by atoms with Gasteiger partial charge in [0.2, 0.25) is 0 Å². The molecule has 2 aromatic rings. The Bertz CT molecular complexity index is 540. The Morgan fingerprint density at radius 3 is 2.41 bits per heavy atom. The predicted octanol–water partition coefficient (Wildman–Crippen LogP) is 3.33. The molecule has 0 aliphatic carbocycles. The monoisotopic (exact) mass is 248 g/mol. The highest BCUT2D eigenvalue weighted by molar-refractivity contribution is 7.14. The molecule has 4 heteroatoms. The van der Waals surface area contributed by atoms with Gasteiger partial charge in [-0.3, -0.25) is 4.79 Å². The van der Waals surface area contributed by atoms with Crippen LogP contribution in [0.2, 0.25) is 0 Å². The van der Waals surface area contributed by atoms with Crippen LogP contribution < -0.4 is 4.74 Å². The summed E-state index contributed by atoms with van der Waals surface area (Å²) < 4.78 is 5.07. The second-order valence-corrected chi connectivity index (χ2v) is 4.49. The van der Waals surface area contributed by atoms with E-state index in [0.717, 1.165) is 11.3 Å². The molecular weight excluding hydrogens is 236 g/mol. The molecule has 0 fully saturated rings. The summed E-state index contributed by atoms with van der Waals surface area (Å²) in [5, 5.41) is 11.6. The Morgan fingerprint density at radius 2 is 1.94 bits per heavy atom. The van der Waals surface area contributed by atoms with Gasteiger partial charge in [0.25, 0.3) is 0 Å². The number of ether oxygens (including phenoxy) is 1. The molecule has 1 aromatic carbocycles. The third-order valence-corrected chi connectivity index (χ3v) is 3.51. The smallest absolute Gasteiger partial charge is 0.164 e. The summed E-state index contributed by atoms with van der Waals surface area (Å²) in [5.74, 6) is 0.697. The van der Waals surface area contributed by atoms with E-state index in [4.69, 9.17) is 4.74 Å². The van der Waals surface area contributed by atoms with Crippen LogP contribution in [-0.2, 0) is 0 Å². The molecule has 0 atom stereocenters. The van der Waals surface area contributed by atoms with Crippen molar-refractivity contribution in [2.45, 2.75) is 6.92 Å². The van der Waals surface area contributed by atoms with Crippen LogP contribution in [0.4, 0.5) is 0 Å². The van der Waals surface area contributed by atoms with Crippen LogP contribution in [-0.4, -0.2) is 18.0 Å². The molecule has 0 radical (unpaired) electrons. The first-order chi connectivity index (χ1) is 8.13. The Balaban J connectivity index is 2.42. The maximum atomic E-state index is 11.2. The molecular formula is C13H12O3S. The van der Waals surface area contributed by atoms with Crippen LogP contribution in [0.25, 0.3) is 10.4 Å². The van der Waals surface area contributed by atoms with Crippen molar-refractivity contribution in [1.82, 2.24) is 0 Å². The van der Waals surface area contributed by atoms with Crippen LogP contribution in [0.5, 0.6) is 11.5 Å². The minimum atomic E-state index is -0.126. The molecule has 0 bridgehead atoms. The van der Waals surface area contributed by atoms with Crippen molar-refractivity contribution < 1.29 is 14.6 Å². The lowest BCUT2D eigenvalue weighted by Crippen LogP contribution is -1.88. The van der Waals surface area contributed by atoms with E-state index in [2.05, 4.69) is 0 Å². The number of benzene rings is 1. The van der Waals surface area contributed by atoms with E-state index in [1.807, 2.05) is 24.3 Å². The highest BCUT2D eigenvalue weighted by Gasteiger charge is 2.15. The normalized spacial score (nSPS) is 10.2. The number of thiophene rings is 1. The maximum Gasteiger partial charge on any atom is 0.164 e. The number of methoxy groups -OCH3 is 1. The molecule has 0 aliphatic rings. The number of rotatable bonds is 3. The molecule has 88 valence electrons. The topological polar surface area (TPSA) is 46.5 Å². The van der Waals surface area contributed by atoms with Crippen molar-refractivity contribution in [3.8, 4) is 21.9 Å². The molecule has 0 unspecified atom stereocenters. The van der Waals surface area contributed by atoms with Crippen molar-refractivity contribution >= 4 is 17.1 Å². The lowest BCUT2D eigenvalue weighted by Gasteiger charge is -2.02. The zero-order chi connectivity index (χ0) is 12.4. The predicted molar refractivity (Wildman–Crippen MR) is 68.0 cm³/mol. The van der Waals surface area contributed by atoms with Gasteiger partial charge in [0.1, 0.15) is 11.5 Å². The lowest BCUT2D eigenvalue weighted by atomic mass is 10.1. The summed E-state index contributed by atoms with van der Waals surface area (Å²) in [5.41, 5.74) is 1.25. The highest BCUT2D eigenvalue weighted by atomic mass is 32.1. The van der Waals surface area contributed by atoms with Gasteiger partial charge in [0.05, 0.1) is 17.6 Å². The first kappa shape index (κ1) is 11.7. The van der Waals surface area contributed by atoms with Crippen molar-refractivity contribution in [3.63, 3.8) is 0 Å². The van der Waals surface area contributed by atoms with Gasteiger partial charge in [-0.25, -0.2) is 0 Å². The van der Waals surface area contributed by atoms with Crippen molar-refractivity contribution in [3.05, 3.63) is 35.2 Å². The van der Waals surface area contributed by atoms with Gasteiger partial charge < -0.3 is 9.84 Å². The van der Waals surface area contributed by atoms with E-state index in [9.17, 15) is 9.90 Å². The van der Waals surface area contributed by atoms with Gasteiger partial charge in [0, 0.05) is 5.38 Å². The van der Waals surface area contributed by atoms with Gasteiger partial charge in [-0.2, -0.15) is 0 Å². The first-order valence-electron chi connectivity index (χ1n) is 5.09. The van der Waals surface area contributed by atoms with Crippen LogP contribution in [0, 0.1) is 0 Å². The van der Waals surface area contributed by atoms with Crippen LogP contribution in [0.1, 0.15) is 17.3 Å². The van der Waals surface area contributed by atoms with E-state index >= 15 is 0 Å². The second-order valence-electron chi connectivity index (χ2n) is 3.61. The Kier molecular flexibility index (Phi) is 3.15. The highest BCUT2D eigenvalue weighted by Crippen LogP contribution is 2.38. The van der Waals surface area contributed by atoms with E-state index < -0.39 is 0 Å². The third kappa shape index (κ3) is 2.17. The second kappa shape index (κ2) is 4.59. The van der Waals surface area contributed by atoms with Crippen LogP contribution in [0.15, 0.2) is 29.6 Å². The Hall–Kier alpha value is -1.81. The van der Waals surface area contributed by atoms with Crippen molar-refractivity contribution in [1.29, 1.82) is 0 Å². The largest absolute Gasteiger partial charge is 0.506 e. The number of carbonyl (C=O) groups excluding carboxylic acids is 1. The summed E-state index contributed by atoms with van der Waals surface area (Å²) in [6.45, 7) is 1.44. The molecule has 0 saturated carbocycles. The average molecular weight is 248 g/mol. The van der Waals surface area contributed by atoms with Gasteiger partial charge in [-0.05, 0) is 36.8 Å². The van der Waals surface area contributed by atoms with Gasteiger partial charge in [-0.15, -0.1) is 11.3 Å². The summed E-state index contributed by atoms with van der Waals surface area (Å²) in [6.07, 6.45) is 0. The summed E-state index contributed by atoms with van der Waals surface area (Å²) in [4.78, 5) is 11.9. The molecule has 3 nitrogen and oxygen atoms in total. The van der Waals surface area contributed by atoms with Crippen LogP contribution >= 0.6 is 11.3 Å². The third-order valence-electron chi connectivity index (χ3n) is 2.50. The maximum absolute atomic E-state index is 11.2. The molecule has 1 heterocycles. The first-order valence-corrected chi connectivity index (χ1v) is 5.97.